The minimum Gasteiger partial charge on any atom is -0.308 e. The van der Waals surface area contributed by atoms with Gasteiger partial charge in [-0.2, -0.15) is 0 Å². The van der Waals surface area contributed by atoms with Crippen LogP contribution in [0.15, 0.2) is 182 Å². The largest absolute Gasteiger partial charge is 0.308 e. The maximum absolute atomic E-state index is 2.45. The van der Waals surface area contributed by atoms with Gasteiger partial charge >= 0.3 is 0 Å². The van der Waals surface area contributed by atoms with Crippen LogP contribution in [0.4, 0.5) is 17.1 Å². The average Bonchev–Trinajstić information content (AvgIpc) is 3.70. The van der Waals surface area contributed by atoms with Crippen molar-refractivity contribution in [2.45, 2.75) is 0 Å². The Kier molecular flexibility index (Phi) is 6.39. The van der Waals surface area contributed by atoms with Gasteiger partial charge in [0, 0.05) is 48.0 Å². The van der Waals surface area contributed by atoms with Gasteiger partial charge < -0.3 is 9.47 Å². The van der Waals surface area contributed by atoms with Crippen LogP contribution in [0.25, 0.3) is 69.6 Å². The van der Waals surface area contributed by atoms with E-state index in [0.717, 1.165) is 22.7 Å². The normalized spacial score (nSPS) is 11.7. The van der Waals surface area contributed by atoms with E-state index < -0.39 is 0 Å². The summed E-state index contributed by atoms with van der Waals surface area (Å²) in [5.41, 5.74) is 9.26. The van der Waals surface area contributed by atoms with Crippen molar-refractivity contribution < 1.29 is 0 Å². The number of nitrogens with zero attached hydrogens (tertiary/aromatic N) is 2. The summed E-state index contributed by atoms with van der Waals surface area (Å²) < 4.78 is 5.08. The van der Waals surface area contributed by atoms with Crippen molar-refractivity contribution in [3.8, 4) is 16.8 Å². The van der Waals surface area contributed by atoms with Crippen LogP contribution in [-0.4, -0.2) is 4.57 Å². The molecule has 0 bridgehead atoms. The molecule has 3 heteroatoms. The Balaban J connectivity index is 1.27. The lowest BCUT2D eigenvalue weighted by Gasteiger charge is -2.28. The van der Waals surface area contributed by atoms with E-state index in [1.54, 1.807) is 0 Å². The minimum absolute atomic E-state index is 1.11. The molecule has 0 saturated heterocycles. The molecule has 0 spiro atoms. The number of hydrogen-bond donors (Lipinski definition) is 0. The number of thiophene rings is 1. The maximum atomic E-state index is 2.45. The maximum Gasteiger partial charge on any atom is 0.0782 e. The van der Waals surface area contributed by atoms with Crippen LogP contribution in [0, 0.1) is 0 Å². The smallest absolute Gasteiger partial charge is 0.0782 e. The second-order valence-corrected chi connectivity index (χ2v) is 13.7. The molecule has 2 aromatic heterocycles. The molecule has 0 aliphatic carbocycles. The molecular weight excluding hydrogens is 613 g/mol. The van der Waals surface area contributed by atoms with Gasteiger partial charge in [-0.1, -0.05) is 115 Å². The van der Waals surface area contributed by atoms with Crippen molar-refractivity contribution >= 4 is 81.1 Å². The zero-order chi connectivity index (χ0) is 32.3. The number of anilines is 3. The molecule has 0 unspecified atom stereocenters. The van der Waals surface area contributed by atoms with Crippen LogP contribution in [0.5, 0.6) is 0 Å². The first-order chi connectivity index (χ1) is 24.3. The zero-order valence-corrected chi connectivity index (χ0v) is 27.4. The van der Waals surface area contributed by atoms with Gasteiger partial charge in [0.25, 0.3) is 0 Å². The quantitative estimate of drug-likeness (QED) is 0.181. The molecule has 0 amide bonds. The van der Waals surface area contributed by atoms with Crippen molar-refractivity contribution in [3.05, 3.63) is 182 Å². The molecule has 10 aromatic rings. The molecule has 0 atom stereocenters. The number of benzene rings is 8. The van der Waals surface area contributed by atoms with Gasteiger partial charge in [0.1, 0.15) is 0 Å². The Morgan fingerprint density at radius 2 is 1.10 bits per heavy atom. The third-order valence-electron chi connectivity index (χ3n) is 9.72. The summed E-state index contributed by atoms with van der Waals surface area (Å²) >= 11 is 1.87. The molecule has 0 radical (unpaired) electrons. The fraction of sp³-hybridized carbons (Fsp3) is 0. The molecular formula is C46H30N2S. The van der Waals surface area contributed by atoms with E-state index in [1.165, 1.54) is 63.9 Å². The number of rotatable bonds is 5. The van der Waals surface area contributed by atoms with Crippen molar-refractivity contribution in [1.82, 2.24) is 4.57 Å². The Labute approximate surface area is 288 Å². The molecule has 8 aromatic carbocycles. The van der Waals surface area contributed by atoms with E-state index >= 15 is 0 Å². The number of hydrogen-bond acceptors (Lipinski definition) is 2. The highest BCUT2D eigenvalue weighted by Gasteiger charge is 2.22. The fourth-order valence-electron chi connectivity index (χ4n) is 7.50. The summed E-state index contributed by atoms with van der Waals surface area (Å²) in [5, 5.41) is 7.58. The molecule has 10 rings (SSSR count). The standard InChI is InChI=1S/C46H30N2S/c1-3-13-31(14-4-1)32-15-11-18-36(27-32)47(37-26-25-33-30-45-41(29-34(33)28-37)39-20-8-10-24-44(39)49-45)43-23-12-21-40-38-19-7-9-22-42(38)48(46(40)43)35-16-5-2-6-17-35/h1-30H. The second kappa shape index (κ2) is 11.2. The summed E-state index contributed by atoms with van der Waals surface area (Å²) in [5.74, 6) is 0. The van der Waals surface area contributed by atoms with Crippen LogP contribution >= 0.6 is 11.3 Å². The summed E-state index contributed by atoms with van der Waals surface area (Å²) in [4.78, 5) is 2.45. The third kappa shape index (κ3) is 4.55. The van der Waals surface area contributed by atoms with Crippen LogP contribution in [0.3, 0.4) is 0 Å². The molecule has 2 heterocycles. The second-order valence-electron chi connectivity index (χ2n) is 12.6. The van der Waals surface area contributed by atoms with Gasteiger partial charge in [-0.15, -0.1) is 11.3 Å². The molecule has 0 N–H and O–H groups in total. The fourth-order valence-corrected chi connectivity index (χ4v) is 8.64. The molecule has 0 aliphatic heterocycles. The Morgan fingerprint density at radius 3 is 1.98 bits per heavy atom. The summed E-state index contributed by atoms with van der Waals surface area (Å²) in [7, 11) is 0. The van der Waals surface area contributed by atoms with E-state index in [9.17, 15) is 0 Å². The highest BCUT2D eigenvalue weighted by molar-refractivity contribution is 7.25. The minimum atomic E-state index is 1.11. The van der Waals surface area contributed by atoms with Gasteiger partial charge in [-0.05, 0) is 88.6 Å². The number of fused-ring (bicyclic) bond motifs is 7. The monoisotopic (exact) mass is 642 g/mol. The first kappa shape index (κ1) is 27.9. The molecule has 0 aliphatic rings. The predicted octanol–water partition coefficient (Wildman–Crippen LogP) is 13.4. The Bertz CT molecular complexity index is 2830. The van der Waals surface area contributed by atoms with Crippen molar-refractivity contribution in [2.24, 2.45) is 0 Å². The summed E-state index contributed by atoms with van der Waals surface area (Å²) in [6, 6.07) is 66.3. The SMILES string of the molecule is c1ccc(-c2cccc(N(c3ccc4cc5sc6ccccc6c5cc4c3)c3cccc4c5ccccc5n(-c5ccccc5)c34)c2)cc1. The van der Waals surface area contributed by atoms with E-state index in [2.05, 4.69) is 191 Å². The lowest BCUT2D eigenvalue weighted by Crippen LogP contribution is -2.12. The Morgan fingerprint density at radius 1 is 0.408 bits per heavy atom. The van der Waals surface area contributed by atoms with Crippen molar-refractivity contribution in [3.63, 3.8) is 0 Å². The molecule has 230 valence electrons. The van der Waals surface area contributed by atoms with E-state index in [1.807, 2.05) is 11.3 Å². The van der Waals surface area contributed by atoms with Gasteiger partial charge in [-0.25, -0.2) is 0 Å². The van der Waals surface area contributed by atoms with Crippen molar-refractivity contribution in [1.29, 1.82) is 0 Å². The first-order valence-corrected chi connectivity index (χ1v) is 17.5. The number of aromatic nitrogens is 1. The van der Waals surface area contributed by atoms with Gasteiger partial charge in [0.2, 0.25) is 0 Å². The lowest BCUT2D eigenvalue weighted by atomic mass is 10.0. The predicted molar refractivity (Wildman–Crippen MR) is 211 cm³/mol. The van der Waals surface area contributed by atoms with Crippen LogP contribution in [0.2, 0.25) is 0 Å². The molecule has 0 fully saturated rings. The summed E-state index contributed by atoms with van der Waals surface area (Å²) in [6.45, 7) is 0. The van der Waals surface area contributed by atoms with Crippen LogP contribution in [-0.2, 0) is 0 Å². The third-order valence-corrected chi connectivity index (χ3v) is 10.9. The number of para-hydroxylation sites is 3. The van der Waals surface area contributed by atoms with E-state index in [4.69, 9.17) is 0 Å². The van der Waals surface area contributed by atoms with E-state index in [0.29, 0.717) is 0 Å². The summed E-state index contributed by atoms with van der Waals surface area (Å²) in [6.07, 6.45) is 0. The highest BCUT2D eigenvalue weighted by atomic mass is 32.1. The molecule has 0 saturated carbocycles. The average molecular weight is 643 g/mol. The van der Waals surface area contributed by atoms with Gasteiger partial charge in [-0.3, -0.25) is 0 Å². The molecule has 49 heavy (non-hydrogen) atoms. The highest BCUT2D eigenvalue weighted by Crippen LogP contribution is 2.45. The van der Waals surface area contributed by atoms with Gasteiger partial charge in [0.15, 0.2) is 0 Å². The zero-order valence-electron chi connectivity index (χ0n) is 26.6. The first-order valence-electron chi connectivity index (χ1n) is 16.7. The van der Waals surface area contributed by atoms with Gasteiger partial charge in [0.05, 0.1) is 16.7 Å². The lowest BCUT2D eigenvalue weighted by molar-refractivity contribution is 1.17. The van der Waals surface area contributed by atoms with Crippen LogP contribution < -0.4 is 4.90 Å². The topological polar surface area (TPSA) is 8.17 Å². The van der Waals surface area contributed by atoms with Crippen molar-refractivity contribution in [2.75, 3.05) is 4.90 Å². The van der Waals surface area contributed by atoms with E-state index in [-0.39, 0.29) is 0 Å². The Hall–Kier alpha value is -6.16. The van der Waals surface area contributed by atoms with Crippen LogP contribution in [0.1, 0.15) is 0 Å². The molecule has 2 nitrogen and oxygen atoms in total.